The van der Waals surface area contributed by atoms with Gasteiger partial charge < -0.3 is 19.4 Å². The summed E-state index contributed by atoms with van der Waals surface area (Å²) in [6.07, 6.45) is 1.61. The van der Waals surface area contributed by atoms with E-state index in [1.807, 2.05) is 36.9 Å². The third kappa shape index (κ3) is 4.17. The summed E-state index contributed by atoms with van der Waals surface area (Å²) in [5.41, 5.74) is 0. The molecule has 3 heterocycles. The van der Waals surface area contributed by atoms with Crippen LogP contribution in [0.4, 0.5) is 11.6 Å². The van der Waals surface area contributed by atoms with Crippen molar-refractivity contribution < 1.29 is 9.15 Å². The van der Waals surface area contributed by atoms with Crippen LogP contribution in [0, 0.1) is 6.92 Å². The van der Waals surface area contributed by atoms with E-state index in [4.69, 9.17) is 9.15 Å². The van der Waals surface area contributed by atoms with Gasteiger partial charge in [0.1, 0.15) is 35.5 Å². The summed E-state index contributed by atoms with van der Waals surface area (Å²) in [7, 11) is 1.68. The summed E-state index contributed by atoms with van der Waals surface area (Å²) in [6, 6.07) is 5.84. The van der Waals surface area contributed by atoms with E-state index >= 15 is 0 Å². The molecule has 0 saturated carbocycles. The van der Waals surface area contributed by atoms with Gasteiger partial charge in [0, 0.05) is 37.8 Å². The summed E-state index contributed by atoms with van der Waals surface area (Å²) in [6.45, 7) is 4.50. The van der Waals surface area contributed by atoms with Gasteiger partial charge in [0.15, 0.2) is 0 Å². The minimum absolute atomic E-state index is 0.0756. The lowest BCUT2D eigenvalue weighted by atomic mass is 10.2. The molecular weight excluding hydrogens is 312 g/mol. The van der Waals surface area contributed by atoms with E-state index in [1.54, 1.807) is 13.4 Å². The van der Waals surface area contributed by atoms with E-state index in [9.17, 15) is 0 Å². The third-order valence-corrected chi connectivity index (χ3v) is 4.69. The fraction of sp³-hybridized carbons (Fsp3) is 0.500. The van der Waals surface area contributed by atoms with Gasteiger partial charge in [0.25, 0.3) is 0 Å². The highest BCUT2D eigenvalue weighted by Gasteiger charge is 2.17. The second kappa shape index (κ2) is 7.70. The van der Waals surface area contributed by atoms with Gasteiger partial charge in [0.05, 0.1) is 6.61 Å². The molecule has 124 valence electrons. The Morgan fingerprint density at radius 1 is 1.35 bits per heavy atom. The number of anilines is 2. The molecule has 1 saturated heterocycles. The maximum absolute atomic E-state index is 5.72. The van der Waals surface area contributed by atoms with Gasteiger partial charge in [-0.05, 0) is 19.1 Å². The number of hydrogen-bond donors (Lipinski definition) is 1. The normalized spacial score (nSPS) is 16.3. The molecule has 1 aliphatic heterocycles. The molecule has 2 aromatic heterocycles. The van der Waals surface area contributed by atoms with Crippen molar-refractivity contribution in [1.82, 2.24) is 9.97 Å². The molecule has 0 unspecified atom stereocenters. The van der Waals surface area contributed by atoms with Crippen molar-refractivity contribution in [2.75, 3.05) is 48.5 Å². The predicted octanol–water partition coefficient (Wildman–Crippen LogP) is 2.73. The second-order valence-electron chi connectivity index (χ2n) is 5.46. The topological polar surface area (TPSA) is 63.4 Å². The SMILES string of the molecule is COC[C@H](Nc1cc(N2CCSCC2)ncn1)c1ccc(C)o1. The van der Waals surface area contributed by atoms with Crippen molar-refractivity contribution >= 4 is 23.4 Å². The zero-order valence-electron chi connectivity index (χ0n) is 13.5. The Morgan fingerprint density at radius 2 is 2.17 bits per heavy atom. The molecule has 6 nitrogen and oxygen atoms in total. The summed E-state index contributed by atoms with van der Waals surface area (Å²) in [4.78, 5) is 11.0. The van der Waals surface area contributed by atoms with Gasteiger partial charge in [-0.25, -0.2) is 9.97 Å². The zero-order valence-corrected chi connectivity index (χ0v) is 14.3. The minimum atomic E-state index is -0.0756. The molecule has 0 radical (unpaired) electrons. The number of thioether (sulfide) groups is 1. The van der Waals surface area contributed by atoms with Crippen LogP contribution >= 0.6 is 11.8 Å². The Kier molecular flexibility index (Phi) is 5.40. The molecule has 1 N–H and O–H groups in total. The molecule has 2 aromatic rings. The molecule has 0 amide bonds. The number of nitrogens with zero attached hydrogens (tertiary/aromatic N) is 3. The van der Waals surface area contributed by atoms with Crippen LogP contribution in [-0.2, 0) is 4.74 Å². The molecule has 0 aromatic carbocycles. The summed E-state index contributed by atoms with van der Waals surface area (Å²) in [5, 5.41) is 3.39. The zero-order chi connectivity index (χ0) is 16.1. The van der Waals surface area contributed by atoms with Gasteiger partial charge in [-0.2, -0.15) is 11.8 Å². The van der Waals surface area contributed by atoms with Gasteiger partial charge in [0.2, 0.25) is 0 Å². The van der Waals surface area contributed by atoms with Gasteiger partial charge in [-0.1, -0.05) is 0 Å². The fourth-order valence-electron chi connectivity index (χ4n) is 2.57. The number of aryl methyl sites for hydroxylation is 1. The first kappa shape index (κ1) is 16.1. The molecule has 3 rings (SSSR count). The maximum atomic E-state index is 5.72. The van der Waals surface area contributed by atoms with Crippen LogP contribution in [0.15, 0.2) is 28.9 Å². The molecule has 0 aliphatic carbocycles. The first-order chi connectivity index (χ1) is 11.3. The molecule has 23 heavy (non-hydrogen) atoms. The van der Waals surface area contributed by atoms with Crippen LogP contribution in [0.3, 0.4) is 0 Å². The highest BCUT2D eigenvalue weighted by molar-refractivity contribution is 7.99. The number of furan rings is 1. The number of hydrogen-bond acceptors (Lipinski definition) is 7. The molecule has 1 aliphatic rings. The second-order valence-corrected chi connectivity index (χ2v) is 6.69. The smallest absolute Gasteiger partial charge is 0.134 e. The van der Waals surface area contributed by atoms with E-state index < -0.39 is 0 Å². The lowest BCUT2D eigenvalue weighted by Gasteiger charge is -2.27. The number of methoxy groups -OCH3 is 1. The Hall–Kier alpha value is -1.73. The maximum Gasteiger partial charge on any atom is 0.134 e. The highest BCUT2D eigenvalue weighted by atomic mass is 32.2. The Balaban J connectivity index is 1.74. The van der Waals surface area contributed by atoms with Crippen molar-refractivity contribution in [2.45, 2.75) is 13.0 Å². The van der Waals surface area contributed by atoms with Crippen LogP contribution in [0.25, 0.3) is 0 Å². The third-order valence-electron chi connectivity index (χ3n) is 3.75. The van der Waals surface area contributed by atoms with E-state index in [0.29, 0.717) is 6.61 Å². The van der Waals surface area contributed by atoms with Crippen LogP contribution in [0.5, 0.6) is 0 Å². The number of aromatic nitrogens is 2. The average molecular weight is 334 g/mol. The van der Waals surface area contributed by atoms with Crippen molar-refractivity contribution in [2.24, 2.45) is 0 Å². The van der Waals surface area contributed by atoms with Crippen molar-refractivity contribution in [1.29, 1.82) is 0 Å². The number of nitrogens with one attached hydrogen (secondary N) is 1. The number of rotatable bonds is 6. The highest BCUT2D eigenvalue weighted by Crippen LogP contribution is 2.23. The van der Waals surface area contributed by atoms with E-state index in [1.165, 1.54) is 0 Å². The van der Waals surface area contributed by atoms with Gasteiger partial charge in [-0.15, -0.1) is 0 Å². The fourth-order valence-corrected chi connectivity index (χ4v) is 3.48. The average Bonchev–Trinajstić information content (AvgIpc) is 3.02. The summed E-state index contributed by atoms with van der Waals surface area (Å²) in [5.74, 6) is 5.77. The monoisotopic (exact) mass is 334 g/mol. The first-order valence-electron chi connectivity index (χ1n) is 7.73. The van der Waals surface area contributed by atoms with E-state index in [0.717, 1.165) is 47.8 Å². The van der Waals surface area contributed by atoms with Crippen molar-refractivity contribution in [3.8, 4) is 0 Å². The quantitative estimate of drug-likeness (QED) is 0.871. The van der Waals surface area contributed by atoms with E-state index in [-0.39, 0.29) is 6.04 Å². The van der Waals surface area contributed by atoms with E-state index in [2.05, 4.69) is 20.2 Å². The summed E-state index contributed by atoms with van der Waals surface area (Å²) >= 11 is 1.98. The van der Waals surface area contributed by atoms with Gasteiger partial charge >= 0.3 is 0 Å². The molecule has 0 spiro atoms. The molecule has 1 atom stereocenters. The van der Waals surface area contributed by atoms with Crippen LogP contribution in [0.2, 0.25) is 0 Å². The Labute approximate surface area is 140 Å². The predicted molar refractivity (Wildman–Crippen MR) is 93.3 cm³/mol. The van der Waals surface area contributed by atoms with Crippen LogP contribution in [-0.4, -0.2) is 48.3 Å². The largest absolute Gasteiger partial charge is 0.464 e. The Morgan fingerprint density at radius 3 is 2.87 bits per heavy atom. The van der Waals surface area contributed by atoms with Crippen LogP contribution < -0.4 is 10.2 Å². The molecule has 7 heteroatoms. The van der Waals surface area contributed by atoms with Crippen molar-refractivity contribution in [3.63, 3.8) is 0 Å². The van der Waals surface area contributed by atoms with Crippen molar-refractivity contribution in [3.05, 3.63) is 36.0 Å². The minimum Gasteiger partial charge on any atom is -0.464 e. The first-order valence-corrected chi connectivity index (χ1v) is 8.88. The number of ether oxygens (including phenoxy) is 1. The molecule has 1 fully saturated rings. The molecular formula is C16H22N4O2S. The standard InChI is InChI=1S/C16H22N4O2S/c1-12-3-4-14(22-12)13(10-21-2)19-15-9-16(18-11-17-15)20-5-7-23-8-6-20/h3-4,9,11,13H,5-8,10H2,1-2H3,(H,17,18,19)/t13-/m0/s1. The lowest BCUT2D eigenvalue weighted by molar-refractivity contribution is 0.178. The Bertz CT molecular complexity index is 628. The van der Waals surface area contributed by atoms with Crippen LogP contribution in [0.1, 0.15) is 17.6 Å². The summed E-state index contributed by atoms with van der Waals surface area (Å²) < 4.78 is 11.0. The van der Waals surface area contributed by atoms with Gasteiger partial charge in [-0.3, -0.25) is 0 Å². The lowest BCUT2D eigenvalue weighted by Crippen LogP contribution is -2.33. The molecule has 0 bridgehead atoms.